The van der Waals surface area contributed by atoms with Crippen LogP contribution in [0, 0.1) is 0 Å². The first kappa shape index (κ1) is 33.1. The van der Waals surface area contributed by atoms with Crippen LogP contribution in [0.3, 0.4) is 0 Å². The molecule has 0 radical (unpaired) electrons. The van der Waals surface area contributed by atoms with Gasteiger partial charge in [-0.15, -0.1) is 0 Å². The van der Waals surface area contributed by atoms with Crippen molar-refractivity contribution in [2.75, 3.05) is 4.90 Å². The van der Waals surface area contributed by atoms with Crippen molar-refractivity contribution >= 4 is 49.9 Å². The van der Waals surface area contributed by atoms with Crippen molar-refractivity contribution in [2.24, 2.45) is 0 Å². The summed E-state index contributed by atoms with van der Waals surface area (Å²) in [5.74, 6) is 1.04. The molecule has 1 spiro atoms. The van der Waals surface area contributed by atoms with E-state index in [1.807, 2.05) is 0 Å². The summed E-state index contributed by atoms with van der Waals surface area (Å²) in [6, 6.07) is 79.6. The number of aromatic nitrogens is 3. The molecule has 1 unspecified atom stereocenters. The van der Waals surface area contributed by atoms with E-state index in [-0.39, 0.29) is 0 Å². The Morgan fingerprint density at radius 1 is 0.383 bits per heavy atom. The highest BCUT2D eigenvalue weighted by atomic mass is 15.2. The summed E-state index contributed by atoms with van der Waals surface area (Å²) in [5, 5.41) is 2.43. The molecule has 60 heavy (non-hydrogen) atoms. The van der Waals surface area contributed by atoms with Gasteiger partial charge in [0, 0.05) is 33.5 Å². The summed E-state index contributed by atoms with van der Waals surface area (Å²) in [4.78, 5) is 7.94. The van der Waals surface area contributed by atoms with Crippen molar-refractivity contribution in [3.8, 4) is 33.6 Å². The first-order valence-corrected chi connectivity index (χ1v) is 20.6. The number of fused-ring (bicyclic) bond motifs is 15. The fourth-order valence-electron chi connectivity index (χ4n) is 10.4. The van der Waals surface area contributed by atoms with Gasteiger partial charge in [0.05, 0.1) is 27.8 Å². The Balaban J connectivity index is 1.07. The van der Waals surface area contributed by atoms with E-state index in [0.29, 0.717) is 0 Å². The van der Waals surface area contributed by atoms with E-state index in [0.717, 1.165) is 39.6 Å². The lowest BCUT2D eigenvalue weighted by Crippen LogP contribution is -2.27. The first-order valence-electron chi connectivity index (χ1n) is 20.6. The highest BCUT2D eigenvalue weighted by Gasteiger charge is 2.54. The Morgan fingerprint density at radius 3 is 1.83 bits per heavy atom. The molecule has 0 amide bonds. The van der Waals surface area contributed by atoms with E-state index < -0.39 is 5.41 Å². The van der Waals surface area contributed by atoms with Gasteiger partial charge in [0.2, 0.25) is 0 Å². The van der Waals surface area contributed by atoms with Crippen LogP contribution in [0.2, 0.25) is 0 Å². The number of hydrogen-bond acceptors (Lipinski definition) is 2. The van der Waals surface area contributed by atoms with E-state index in [1.54, 1.807) is 0 Å². The van der Waals surface area contributed by atoms with Crippen LogP contribution in [-0.4, -0.2) is 14.1 Å². The molecule has 13 rings (SSSR count). The molecular weight excluding hydrogens is 729 g/mol. The highest BCUT2D eigenvalue weighted by Crippen LogP contribution is 2.61. The molecule has 9 aromatic carbocycles. The van der Waals surface area contributed by atoms with Crippen LogP contribution in [0.5, 0.6) is 0 Å². The molecule has 4 nitrogen and oxygen atoms in total. The summed E-state index contributed by atoms with van der Waals surface area (Å²) in [6.07, 6.45) is 0. The molecule has 0 saturated carbocycles. The molecule has 0 fully saturated rings. The minimum absolute atomic E-state index is 0.604. The monoisotopic (exact) mass is 764 g/mol. The molecule has 3 heterocycles. The third kappa shape index (κ3) is 4.47. The average Bonchev–Trinajstić information content (AvgIpc) is 4.03. The van der Waals surface area contributed by atoms with Crippen LogP contribution >= 0.6 is 0 Å². The minimum atomic E-state index is -0.604. The summed E-state index contributed by atoms with van der Waals surface area (Å²) in [5.41, 5.74) is 18.2. The molecule has 11 aromatic rings. The van der Waals surface area contributed by atoms with Crippen molar-refractivity contribution in [3.63, 3.8) is 0 Å². The minimum Gasteiger partial charge on any atom is -0.310 e. The topological polar surface area (TPSA) is 26.0 Å². The smallest absolute Gasteiger partial charge is 0.134 e. The van der Waals surface area contributed by atoms with Gasteiger partial charge in [-0.2, -0.15) is 0 Å². The summed E-state index contributed by atoms with van der Waals surface area (Å²) in [6.45, 7) is 0. The van der Waals surface area contributed by atoms with Crippen LogP contribution in [0.1, 0.15) is 22.5 Å². The fourth-order valence-corrected chi connectivity index (χ4v) is 10.4. The second-order valence-electron chi connectivity index (χ2n) is 15.9. The number of rotatable bonds is 5. The van der Waals surface area contributed by atoms with Gasteiger partial charge in [-0.25, -0.2) is 4.98 Å². The van der Waals surface area contributed by atoms with Gasteiger partial charge in [0.15, 0.2) is 0 Å². The van der Waals surface area contributed by atoms with Gasteiger partial charge in [-0.05, 0) is 118 Å². The molecule has 1 atom stereocenters. The molecular formula is C56H36N4. The Hall–Kier alpha value is -7.95. The van der Waals surface area contributed by atoms with E-state index in [2.05, 4.69) is 232 Å². The maximum absolute atomic E-state index is 5.51. The number of para-hydroxylation sites is 5. The Kier molecular flexibility index (Phi) is 6.90. The quantitative estimate of drug-likeness (QED) is 0.174. The zero-order chi connectivity index (χ0) is 39.4. The lowest BCUT2D eigenvalue weighted by Gasteiger charge is -2.30. The zero-order valence-electron chi connectivity index (χ0n) is 32.6. The van der Waals surface area contributed by atoms with Crippen molar-refractivity contribution < 1.29 is 0 Å². The van der Waals surface area contributed by atoms with Crippen molar-refractivity contribution in [2.45, 2.75) is 5.41 Å². The summed E-state index contributed by atoms with van der Waals surface area (Å²) in [7, 11) is 0. The van der Waals surface area contributed by atoms with Gasteiger partial charge < -0.3 is 9.47 Å². The van der Waals surface area contributed by atoms with E-state index in [9.17, 15) is 0 Å². The van der Waals surface area contributed by atoms with Gasteiger partial charge >= 0.3 is 0 Å². The molecule has 1 aliphatic carbocycles. The maximum atomic E-state index is 5.51. The third-order valence-corrected chi connectivity index (χ3v) is 12.9. The summed E-state index contributed by atoms with van der Waals surface area (Å²) < 4.78 is 4.78. The van der Waals surface area contributed by atoms with Crippen molar-refractivity contribution in [1.29, 1.82) is 0 Å². The van der Waals surface area contributed by atoms with Crippen molar-refractivity contribution in [1.82, 2.24) is 14.1 Å². The number of benzene rings is 9. The highest BCUT2D eigenvalue weighted by molar-refractivity contribution is 6.11. The van der Waals surface area contributed by atoms with E-state index in [4.69, 9.17) is 4.98 Å². The number of hydrogen-bond donors (Lipinski definition) is 0. The molecule has 4 heteroatoms. The second kappa shape index (κ2) is 12.5. The molecule has 280 valence electrons. The molecule has 1 aliphatic heterocycles. The molecule has 0 N–H and O–H groups in total. The van der Waals surface area contributed by atoms with Crippen LogP contribution < -0.4 is 4.90 Å². The molecule has 2 aromatic heterocycles. The van der Waals surface area contributed by atoms with Crippen molar-refractivity contribution in [3.05, 3.63) is 241 Å². The predicted octanol–water partition coefficient (Wildman–Crippen LogP) is 13.9. The largest absolute Gasteiger partial charge is 0.310 e. The SMILES string of the molecule is c1ccc(-c2ccc(N(c3ccc4c(c3)C3(c5ccccc5-4)c4ccccc4-n4c3nc3ccccc34)c3ccc4c(c3)c3ccccc3n4-c3ccccc3)cc2)cc1. The molecule has 0 saturated heterocycles. The zero-order valence-corrected chi connectivity index (χ0v) is 32.6. The fraction of sp³-hybridized carbons (Fsp3) is 0.0179. The number of nitrogens with zero attached hydrogens (tertiary/aromatic N) is 4. The van der Waals surface area contributed by atoms with Gasteiger partial charge in [-0.1, -0.05) is 140 Å². The Labute approximate surface area is 347 Å². The lowest BCUT2D eigenvalue weighted by atomic mass is 9.73. The maximum Gasteiger partial charge on any atom is 0.134 e. The van der Waals surface area contributed by atoms with Gasteiger partial charge in [0.1, 0.15) is 11.2 Å². The Morgan fingerprint density at radius 2 is 0.983 bits per heavy atom. The standard InChI is InChI=1S/C56H36N4/c1-3-15-37(16-4-1)38-27-29-40(30-28-38)58(41-32-34-52-46(35-41)45-20-8-12-24-51(45)59(52)39-17-5-2-6-18-39)42-31-33-44-43-19-7-9-21-47(43)56(49(44)36-42)48-22-10-13-25-53(48)60-54-26-14-11-23-50(54)57-55(56)60/h1-36H. The molecule has 0 bridgehead atoms. The number of anilines is 3. The third-order valence-electron chi connectivity index (χ3n) is 12.9. The second-order valence-corrected chi connectivity index (χ2v) is 15.9. The normalized spacial score (nSPS) is 14.7. The average molecular weight is 765 g/mol. The lowest BCUT2D eigenvalue weighted by molar-refractivity contribution is 0.738. The van der Waals surface area contributed by atoms with E-state index in [1.165, 1.54) is 66.4 Å². The number of imidazole rings is 1. The summed E-state index contributed by atoms with van der Waals surface area (Å²) >= 11 is 0. The van der Waals surface area contributed by atoms with Crippen LogP contribution in [0.15, 0.2) is 218 Å². The van der Waals surface area contributed by atoms with E-state index >= 15 is 0 Å². The van der Waals surface area contributed by atoms with Gasteiger partial charge in [-0.3, -0.25) is 4.57 Å². The Bertz CT molecular complexity index is 3490. The van der Waals surface area contributed by atoms with Crippen LogP contribution in [-0.2, 0) is 5.41 Å². The first-order chi connectivity index (χ1) is 29.8. The van der Waals surface area contributed by atoms with Crippen LogP contribution in [0.25, 0.3) is 66.5 Å². The van der Waals surface area contributed by atoms with Crippen LogP contribution in [0.4, 0.5) is 17.1 Å². The molecule has 2 aliphatic rings. The predicted molar refractivity (Wildman–Crippen MR) is 246 cm³/mol. The van der Waals surface area contributed by atoms with Gasteiger partial charge in [0.25, 0.3) is 0 Å².